The van der Waals surface area contributed by atoms with Crippen molar-refractivity contribution in [1.82, 2.24) is 0 Å². The summed E-state index contributed by atoms with van der Waals surface area (Å²) in [6.07, 6.45) is 18.3. The molecule has 0 aromatic heterocycles. The van der Waals surface area contributed by atoms with Crippen molar-refractivity contribution in [3.8, 4) is 0 Å². The van der Waals surface area contributed by atoms with Crippen LogP contribution in [0.1, 0.15) is 110 Å². The average molecular weight is 315 g/mol. The van der Waals surface area contributed by atoms with Crippen molar-refractivity contribution >= 4 is 0 Å². The van der Waals surface area contributed by atoms with E-state index in [4.69, 9.17) is 5.11 Å². The summed E-state index contributed by atoms with van der Waals surface area (Å²) in [5.74, 6) is 0.819. The van der Waals surface area contributed by atoms with E-state index in [1.54, 1.807) is 0 Å². The van der Waals surface area contributed by atoms with Crippen LogP contribution in [-0.4, -0.2) is 22.9 Å². The van der Waals surface area contributed by atoms with Gasteiger partial charge in [0.15, 0.2) is 0 Å². The predicted octanol–water partition coefficient (Wildman–Crippen LogP) is 5.85. The van der Waals surface area contributed by atoms with Crippen molar-refractivity contribution in [3.63, 3.8) is 0 Å². The molecule has 0 radical (unpaired) electrons. The molecule has 0 bridgehead atoms. The first-order valence-electron chi connectivity index (χ1n) is 9.95. The van der Waals surface area contributed by atoms with Crippen LogP contribution in [0.3, 0.4) is 0 Å². The second-order valence-electron chi connectivity index (χ2n) is 7.38. The molecule has 0 aromatic carbocycles. The van der Waals surface area contributed by atoms with E-state index in [0.717, 1.165) is 25.2 Å². The molecule has 2 N–H and O–H groups in total. The fraction of sp³-hybridized carbons (Fsp3) is 1.00. The number of hydrogen-bond donors (Lipinski definition) is 2. The Labute approximate surface area is 139 Å². The lowest BCUT2D eigenvalue weighted by molar-refractivity contribution is 0.147. The van der Waals surface area contributed by atoms with E-state index in [9.17, 15) is 5.11 Å². The molecule has 0 heterocycles. The first-order chi connectivity index (χ1) is 10.7. The summed E-state index contributed by atoms with van der Waals surface area (Å²) < 4.78 is 0. The molecule has 2 heteroatoms. The zero-order valence-corrected chi connectivity index (χ0v) is 15.4. The molecule has 0 saturated heterocycles. The van der Waals surface area contributed by atoms with Crippen LogP contribution >= 0.6 is 0 Å². The fourth-order valence-electron chi connectivity index (χ4n) is 2.98. The number of unbranched alkanes of at least 4 members (excludes halogenated alkanes) is 10. The maximum Gasteiger partial charge on any atom is 0.0540 e. The van der Waals surface area contributed by atoms with Gasteiger partial charge in [0, 0.05) is 6.61 Å². The Morgan fingerprint density at radius 2 is 0.909 bits per heavy atom. The summed E-state index contributed by atoms with van der Waals surface area (Å²) in [6, 6.07) is 0. The SMILES string of the molecule is CC(C)CCCCCC(O)CCCCCCCCCCCO. The summed E-state index contributed by atoms with van der Waals surface area (Å²) in [4.78, 5) is 0. The second kappa shape index (κ2) is 17.3. The topological polar surface area (TPSA) is 40.5 Å². The molecule has 22 heavy (non-hydrogen) atoms. The van der Waals surface area contributed by atoms with E-state index in [2.05, 4.69) is 13.8 Å². The zero-order chi connectivity index (χ0) is 16.5. The molecule has 0 amide bonds. The van der Waals surface area contributed by atoms with E-state index in [1.165, 1.54) is 77.0 Å². The van der Waals surface area contributed by atoms with E-state index >= 15 is 0 Å². The van der Waals surface area contributed by atoms with Gasteiger partial charge in [-0.25, -0.2) is 0 Å². The minimum absolute atomic E-state index is 0.0578. The van der Waals surface area contributed by atoms with Crippen LogP contribution in [0.25, 0.3) is 0 Å². The van der Waals surface area contributed by atoms with Crippen LogP contribution in [-0.2, 0) is 0 Å². The second-order valence-corrected chi connectivity index (χ2v) is 7.38. The molecule has 0 rings (SSSR count). The Kier molecular flexibility index (Phi) is 17.2. The van der Waals surface area contributed by atoms with Gasteiger partial charge >= 0.3 is 0 Å². The normalized spacial score (nSPS) is 13.0. The number of rotatable bonds is 17. The summed E-state index contributed by atoms with van der Waals surface area (Å²) in [5.41, 5.74) is 0. The van der Waals surface area contributed by atoms with E-state index in [1.807, 2.05) is 0 Å². The molecule has 1 atom stereocenters. The highest BCUT2D eigenvalue weighted by atomic mass is 16.3. The van der Waals surface area contributed by atoms with Crippen LogP contribution in [0.2, 0.25) is 0 Å². The summed E-state index contributed by atoms with van der Waals surface area (Å²) in [6.45, 7) is 4.91. The van der Waals surface area contributed by atoms with Gasteiger partial charge in [-0.15, -0.1) is 0 Å². The number of aliphatic hydroxyl groups excluding tert-OH is 2. The van der Waals surface area contributed by atoms with Crippen LogP contribution in [0.5, 0.6) is 0 Å². The molecule has 0 aliphatic carbocycles. The maximum atomic E-state index is 9.96. The third-order valence-electron chi connectivity index (χ3n) is 4.51. The molecule has 0 aliphatic heterocycles. The predicted molar refractivity (Wildman–Crippen MR) is 97.2 cm³/mol. The lowest BCUT2D eigenvalue weighted by Gasteiger charge is -2.10. The molecular weight excluding hydrogens is 272 g/mol. The van der Waals surface area contributed by atoms with E-state index < -0.39 is 0 Å². The highest BCUT2D eigenvalue weighted by Crippen LogP contribution is 2.15. The quantitative estimate of drug-likeness (QED) is 0.331. The highest BCUT2D eigenvalue weighted by molar-refractivity contribution is 4.58. The van der Waals surface area contributed by atoms with Crippen molar-refractivity contribution in [2.45, 2.75) is 116 Å². The summed E-state index contributed by atoms with van der Waals surface area (Å²) >= 11 is 0. The first kappa shape index (κ1) is 21.9. The van der Waals surface area contributed by atoms with Crippen molar-refractivity contribution < 1.29 is 10.2 Å². The lowest BCUT2D eigenvalue weighted by atomic mass is 10.0. The molecule has 0 aliphatic rings. The van der Waals surface area contributed by atoms with Gasteiger partial charge in [-0.05, 0) is 25.2 Å². The van der Waals surface area contributed by atoms with Crippen molar-refractivity contribution in [2.75, 3.05) is 6.61 Å². The molecule has 134 valence electrons. The summed E-state index contributed by atoms with van der Waals surface area (Å²) in [5, 5.41) is 18.7. The average Bonchev–Trinajstić information content (AvgIpc) is 2.48. The van der Waals surface area contributed by atoms with Gasteiger partial charge in [0.1, 0.15) is 0 Å². The Morgan fingerprint density at radius 3 is 1.36 bits per heavy atom. The van der Waals surface area contributed by atoms with Crippen LogP contribution in [0.15, 0.2) is 0 Å². The van der Waals surface area contributed by atoms with Gasteiger partial charge in [0.05, 0.1) is 6.10 Å². The molecule has 0 fully saturated rings. The lowest BCUT2D eigenvalue weighted by Crippen LogP contribution is -2.06. The Balaban J connectivity index is 3.13. The van der Waals surface area contributed by atoms with Crippen LogP contribution in [0.4, 0.5) is 0 Å². The van der Waals surface area contributed by atoms with Gasteiger partial charge in [0.2, 0.25) is 0 Å². The van der Waals surface area contributed by atoms with Crippen molar-refractivity contribution in [2.24, 2.45) is 5.92 Å². The zero-order valence-electron chi connectivity index (χ0n) is 15.4. The smallest absolute Gasteiger partial charge is 0.0540 e. The molecule has 0 aromatic rings. The van der Waals surface area contributed by atoms with Crippen LogP contribution in [0, 0.1) is 5.92 Å². The van der Waals surface area contributed by atoms with E-state index in [-0.39, 0.29) is 6.10 Å². The highest BCUT2D eigenvalue weighted by Gasteiger charge is 2.04. The molecule has 0 saturated carbocycles. The van der Waals surface area contributed by atoms with Gasteiger partial charge in [0.25, 0.3) is 0 Å². The Hall–Kier alpha value is -0.0800. The largest absolute Gasteiger partial charge is 0.396 e. The first-order valence-corrected chi connectivity index (χ1v) is 9.95. The Bertz CT molecular complexity index is 204. The minimum Gasteiger partial charge on any atom is -0.396 e. The molecular formula is C20H42O2. The molecule has 0 spiro atoms. The van der Waals surface area contributed by atoms with Gasteiger partial charge in [-0.3, -0.25) is 0 Å². The van der Waals surface area contributed by atoms with Gasteiger partial charge in [-0.1, -0.05) is 90.9 Å². The van der Waals surface area contributed by atoms with E-state index in [0.29, 0.717) is 6.61 Å². The monoisotopic (exact) mass is 314 g/mol. The third-order valence-corrected chi connectivity index (χ3v) is 4.51. The molecule has 2 nitrogen and oxygen atoms in total. The third kappa shape index (κ3) is 18.0. The standard InChI is InChI=1S/C20H42O2/c1-19(2)15-11-10-13-17-20(22)16-12-8-6-4-3-5-7-9-14-18-21/h19-22H,3-18H2,1-2H3. The Morgan fingerprint density at radius 1 is 0.545 bits per heavy atom. The van der Waals surface area contributed by atoms with Crippen LogP contribution < -0.4 is 0 Å². The number of aliphatic hydroxyl groups is 2. The maximum absolute atomic E-state index is 9.96. The van der Waals surface area contributed by atoms with Gasteiger partial charge in [-0.2, -0.15) is 0 Å². The van der Waals surface area contributed by atoms with Crippen molar-refractivity contribution in [1.29, 1.82) is 0 Å². The molecule has 1 unspecified atom stereocenters. The van der Waals surface area contributed by atoms with Gasteiger partial charge < -0.3 is 10.2 Å². The number of hydrogen-bond acceptors (Lipinski definition) is 2. The van der Waals surface area contributed by atoms with Crippen molar-refractivity contribution in [3.05, 3.63) is 0 Å². The summed E-state index contributed by atoms with van der Waals surface area (Å²) in [7, 11) is 0. The minimum atomic E-state index is -0.0578. The fourth-order valence-corrected chi connectivity index (χ4v) is 2.98.